The molecule has 3 aliphatic heterocycles. The average molecular weight is 1280 g/mol. The van der Waals surface area contributed by atoms with Gasteiger partial charge in [-0.3, -0.25) is 38.4 Å². The predicted octanol–water partition coefficient (Wildman–Crippen LogP) is -9.00. The van der Waals surface area contributed by atoms with Crippen LogP contribution in [-0.2, 0) is 85.7 Å². The van der Waals surface area contributed by atoms with Gasteiger partial charge in [0.15, 0.2) is 18.9 Å². The van der Waals surface area contributed by atoms with Gasteiger partial charge >= 0.3 is 0 Å². The maximum atomic E-state index is 13.7. The van der Waals surface area contributed by atoms with Crippen molar-refractivity contribution >= 4 is 47.3 Å². The number of amides is 8. The van der Waals surface area contributed by atoms with Crippen LogP contribution in [0.2, 0.25) is 0 Å². The molecular formula is C53H94N8O27. The van der Waals surface area contributed by atoms with Gasteiger partial charge in [0.25, 0.3) is 0 Å². The molecule has 3 heterocycles. The highest BCUT2D eigenvalue weighted by Gasteiger charge is 2.48. The summed E-state index contributed by atoms with van der Waals surface area (Å²) < 4.78 is 55.6. The van der Waals surface area contributed by atoms with Crippen LogP contribution in [0.3, 0.4) is 0 Å². The first-order valence-electron chi connectivity index (χ1n) is 29.3. The number of aliphatic hydroxyl groups excluding tert-OH is 9. The van der Waals surface area contributed by atoms with Gasteiger partial charge in [-0.2, -0.15) is 0 Å². The van der Waals surface area contributed by atoms with E-state index in [9.17, 15) is 84.3 Å². The molecule has 88 heavy (non-hydrogen) atoms. The van der Waals surface area contributed by atoms with Gasteiger partial charge < -0.3 is 136 Å². The van der Waals surface area contributed by atoms with Crippen molar-refractivity contribution in [2.75, 3.05) is 106 Å². The highest BCUT2D eigenvalue weighted by molar-refractivity contribution is 5.90. The fourth-order valence-electron chi connectivity index (χ4n) is 9.23. The molecule has 3 fully saturated rings. The van der Waals surface area contributed by atoms with E-state index in [1.165, 1.54) is 20.8 Å². The number of rotatable bonds is 42. The van der Waals surface area contributed by atoms with Crippen LogP contribution in [0.25, 0.3) is 0 Å². The first kappa shape index (κ1) is 77.2. The van der Waals surface area contributed by atoms with E-state index in [0.29, 0.717) is 13.0 Å². The summed E-state index contributed by atoms with van der Waals surface area (Å²) in [6, 6.07) is -6.10. The van der Waals surface area contributed by atoms with Crippen molar-refractivity contribution in [3.8, 4) is 0 Å². The third kappa shape index (κ3) is 27.6. The van der Waals surface area contributed by atoms with E-state index in [4.69, 9.17) is 47.4 Å². The zero-order valence-electron chi connectivity index (χ0n) is 50.3. The summed E-state index contributed by atoms with van der Waals surface area (Å²) in [5.74, 6) is -4.82. The Morgan fingerprint density at radius 2 is 0.750 bits per heavy atom. The monoisotopic (exact) mass is 1270 g/mol. The maximum absolute atomic E-state index is 13.7. The summed E-state index contributed by atoms with van der Waals surface area (Å²) in [4.78, 5) is 102. The third-order valence-corrected chi connectivity index (χ3v) is 13.8. The summed E-state index contributed by atoms with van der Waals surface area (Å²) in [7, 11) is 0. The van der Waals surface area contributed by atoms with Gasteiger partial charge in [-0.25, -0.2) is 0 Å². The Morgan fingerprint density at radius 1 is 0.432 bits per heavy atom. The minimum Gasteiger partial charge on any atom is -0.394 e. The third-order valence-electron chi connectivity index (χ3n) is 13.8. The second-order valence-electron chi connectivity index (χ2n) is 20.8. The zero-order valence-corrected chi connectivity index (χ0v) is 50.3. The van der Waals surface area contributed by atoms with E-state index in [1.54, 1.807) is 13.8 Å². The van der Waals surface area contributed by atoms with Crippen molar-refractivity contribution in [2.45, 2.75) is 183 Å². The van der Waals surface area contributed by atoms with E-state index in [-0.39, 0.29) is 111 Å². The van der Waals surface area contributed by atoms with Crippen LogP contribution < -0.4 is 42.5 Å². The molecule has 0 aliphatic carbocycles. The lowest BCUT2D eigenvalue weighted by Gasteiger charge is -2.42. The Kier molecular flexibility index (Phi) is 37.0. The van der Waals surface area contributed by atoms with Gasteiger partial charge in [-0.05, 0) is 33.1 Å². The number of carbonyl (C=O) groups excluding carboxylic acids is 8. The topological polar surface area (TPSA) is 507 Å². The average Bonchev–Trinajstić information content (AvgIpc) is 2.42. The first-order chi connectivity index (χ1) is 42.0. The van der Waals surface area contributed by atoms with E-state index in [2.05, 4.69) is 42.5 Å². The minimum absolute atomic E-state index is 0.0113. The number of hydrogen-bond donors (Lipinski definition) is 17. The summed E-state index contributed by atoms with van der Waals surface area (Å²) >= 11 is 0. The fraction of sp³-hybridized carbons (Fsp3) is 0.849. The van der Waals surface area contributed by atoms with Gasteiger partial charge in [0, 0.05) is 66.3 Å². The van der Waals surface area contributed by atoms with Crippen molar-refractivity contribution < 1.29 is 132 Å². The molecule has 0 bridgehead atoms. The van der Waals surface area contributed by atoms with E-state index in [1.807, 2.05) is 0 Å². The molecule has 17 N–H and O–H groups in total. The molecule has 0 aromatic heterocycles. The molecule has 0 radical (unpaired) electrons. The molecule has 0 spiro atoms. The number of hydrogen-bond acceptors (Lipinski definition) is 27. The lowest BCUT2D eigenvalue weighted by Crippen LogP contribution is -2.64. The van der Waals surface area contributed by atoms with E-state index in [0.717, 1.165) is 0 Å². The van der Waals surface area contributed by atoms with Crippen molar-refractivity contribution in [3.63, 3.8) is 0 Å². The van der Waals surface area contributed by atoms with E-state index >= 15 is 0 Å². The van der Waals surface area contributed by atoms with Crippen molar-refractivity contribution in [1.29, 1.82) is 0 Å². The molecule has 508 valence electrons. The Morgan fingerprint density at radius 3 is 1.07 bits per heavy atom. The summed E-state index contributed by atoms with van der Waals surface area (Å²) in [5.41, 5.74) is 0. The Hall–Kier alpha value is -5.00. The SMILES string of the molecule is CCOC(C)CCC(=O)NC(CCC(=O)NC(CCC(=O)NCCOCCOC1OC(CO)C(O)C(O)C1NC(C)=O)C(=O)NCCOCCOC1OC(CO)C(O)C(O)C1NC(C)=O)C(=O)NCCOCCOC1OC(CO)C(O)C(O)C1NC(C)=O. The standard InChI is InChI=1S/C53H94N8O27/c1-6-82-28(2)7-10-38(69)60-33(50(78)56-15-18-81-21-24-85-53-42(59-31(5)67)48(76)45(73)36(27-64)88-53)9-12-39(70)61-32(49(77)55-14-17-80-20-23-84-52-41(58-30(4)66)47(75)44(72)35(26-63)87-52)8-11-37(68)54-13-16-79-19-22-83-51-40(57-29(3)65)46(74)43(71)34(25-62)86-51/h28,32-36,40-48,51-53,62-64,71-76H,6-27H2,1-5H3,(H,54,68)(H,55,77)(H,56,78)(H,57,65)(H,58,66)(H,59,67)(H,60,69)(H,61,70). The molecule has 0 saturated carbocycles. The van der Waals surface area contributed by atoms with Gasteiger partial charge in [0.05, 0.1) is 85.4 Å². The van der Waals surface area contributed by atoms with Crippen molar-refractivity contribution in [3.05, 3.63) is 0 Å². The van der Waals surface area contributed by atoms with E-state index < -0.39 is 178 Å². The molecule has 35 heteroatoms. The Labute approximate surface area is 509 Å². The highest BCUT2D eigenvalue weighted by atomic mass is 16.7. The smallest absolute Gasteiger partial charge is 0.242 e. The first-order valence-corrected chi connectivity index (χ1v) is 29.3. The lowest BCUT2D eigenvalue weighted by molar-refractivity contribution is -0.272. The molecule has 3 saturated heterocycles. The molecular weight excluding hydrogens is 1180 g/mol. The summed E-state index contributed by atoms with van der Waals surface area (Å²) in [5, 5.41) is 111. The molecule has 3 rings (SSSR count). The molecule has 35 nitrogen and oxygen atoms in total. The number of aliphatic hydroxyl groups is 9. The summed E-state index contributed by atoms with van der Waals surface area (Å²) in [6.45, 7) is 4.57. The van der Waals surface area contributed by atoms with Crippen LogP contribution in [0.5, 0.6) is 0 Å². The van der Waals surface area contributed by atoms with Crippen LogP contribution in [0.1, 0.15) is 73.1 Å². The molecule has 8 amide bonds. The summed E-state index contributed by atoms with van der Waals surface area (Å²) in [6.07, 6.45) is -17.6. The van der Waals surface area contributed by atoms with Crippen molar-refractivity contribution in [1.82, 2.24) is 42.5 Å². The molecule has 18 atom stereocenters. The van der Waals surface area contributed by atoms with Gasteiger partial charge in [-0.1, -0.05) is 0 Å². The number of carbonyl (C=O) groups is 8. The quantitative estimate of drug-likeness (QED) is 0.0252. The largest absolute Gasteiger partial charge is 0.394 e. The van der Waals surface area contributed by atoms with Gasteiger partial charge in [0.1, 0.15) is 85.1 Å². The highest BCUT2D eigenvalue weighted by Crippen LogP contribution is 2.25. The Bertz CT molecular complexity index is 2110. The minimum atomic E-state index is -1.53. The maximum Gasteiger partial charge on any atom is 0.242 e. The zero-order chi connectivity index (χ0) is 65.3. The van der Waals surface area contributed by atoms with Crippen LogP contribution in [-0.4, -0.2) is 309 Å². The molecule has 0 aromatic carbocycles. The normalized spacial score (nSPS) is 28.0. The second-order valence-corrected chi connectivity index (χ2v) is 20.8. The predicted molar refractivity (Wildman–Crippen MR) is 298 cm³/mol. The van der Waals surface area contributed by atoms with Gasteiger partial charge in [-0.15, -0.1) is 0 Å². The van der Waals surface area contributed by atoms with Crippen molar-refractivity contribution in [2.24, 2.45) is 0 Å². The second kappa shape index (κ2) is 42.1. The number of ether oxygens (including phenoxy) is 10. The van der Waals surface area contributed by atoms with Crippen LogP contribution in [0, 0.1) is 0 Å². The van der Waals surface area contributed by atoms with Gasteiger partial charge in [0.2, 0.25) is 47.3 Å². The number of nitrogens with one attached hydrogen (secondary N) is 8. The van der Waals surface area contributed by atoms with Crippen LogP contribution >= 0.6 is 0 Å². The fourth-order valence-corrected chi connectivity index (χ4v) is 9.23. The van der Waals surface area contributed by atoms with Crippen LogP contribution in [0.4, 0.5) is 0 Å². The molecule has 0 aromatic rings. The Balaban J connectivity index is 1.60. The molecule has 18 unspecified atom stereocenters. The lowest BCUT2D eigenvalue weighted by atomic mass is 9.97. The molecule has 3 aliphatic rings. The van der Waals surface area contributed by atoms with Crippen LogP contribution in [0.15, 0.2) is 0 Å².